The summed E-state index contributed by atoms with van der Waals surface area (Å²) >= 11 is 0. The minimum Gasteiger partial charge on any atom is -0.0683 e. The number of rotatable bonds is 0. The fourth-order valence-corrected chi connectivity index (χ4v) is 19.1. The van der Waals surface area contributed by atoms with Crippen LogP contribution < -0.4 is 0 Å². The van der Waals surface area contributed by atoms with E-state index in [1.54, 1.807) is 33.4 Å². The fourth-order valence-electron chi connectivity index (χ4n) is 19.1. The minimum absolute atomic E-state index is 1.19. The van der Waals surface area contributed by atoms with Gasteiger partial charge in [-0.25, -0.2) is 0 Å². The summed E-state index contributed by atoms with van der Waals surface area (Å²) in [6.07, 6.45) is 12.0. The van der Waals surface area contributed by atoms with E-state index in [-0.39, 0.29) is 0 Å². The molecule has 0 saturated carbocycles. The molecule has 138 heavy (non-hydrogen) atoms. The van der Waals surface area contributed by atoms with Crippen molar-refractivity contribution in [3.05, 3.63) is 510 Å². The molecule has 5 aliphatic carbocycles. The molecule has 0 amide bonds. The lowest BCUT2D eigenvalue weighted by atomic mass is 9.74. The van der Waals surface area contributed by atoms with E-state index in [4.69, 9.17) is 0 Å². The standard InChI is InChI=1S/C17H16.C16H16.2C15H14.3C12H12.2C11H10.C7H8.5C2H6/c1-11-5-6-14-8-7-12-3-2-4-13-9-10-15(11)17(14)16(12)13;1-11-6-7-13-8-9-14-5-3-4-12(2)16(14)15(13)10-11;1-11-5-4-7-13-10-9-12-6-2-3-8-14(12)15(11)13;1-11-6-7-13-9-8-12-4-2-3-5-14(12)15(13)10-11;1-9-3-5-12-8-10(2)4-6-11(12)7-9;1-9-3-5-11-6-4-10(2)8-12(11)7-9;1-9-5-3-8-12-10(2)6-4-7-11(9)12;1-9-5-4-7-10-6-2-3-8-11(9)10;1-9-6-7-10-4-2-3-5-11(10)8-9;1-7-5-3-2-4-6-7;5*1-2/h2-6H,7-10H2,1H3;3-7,10H,8-9H2,1-2H3;2-8H,9-10H2,1H3;2-7,10H,8-9H2,1H3;3*3-8H,1-2H3;2*2-8H,1H3;2-6H,1H3;5*1-2H3. The van der Waals surface area contributed by atoms with Gasteiger partial charge in [-0.1, -0.05) is 490 Å². The topological polar surface area (TPSA) is 0 Å². The molecular weight excluding hydrogens is 1660 g/mol. The number of fused-ring (bicyclic) bond motifs is 14. The van der Waals surface area contributed by atoms with Crippen molar-refractivity contribution >= 4 is 53.9 Å². The zero-order valence-corrected chi connectivity index (χ0v) is 87.9. The molecule has 19 aromatic rings. The third kappa shape index (κ3) is 28.6. The smallest absolute Gasteiger partial charge is 0.0111 e. The van der Waals surface area contributed by atoms with Crippen LogP contribution in [0.25, 0.3) is 98.4 Å². The molecule has 0 bridgehead atoms. The first-order valence-electron chi connectivity index (χ1n) is 51.3. The number of benzene rings is 19. The SMILES string of the molecule is CC.CC.CC.CC.CC.Cc1ccc2c(c1)-c1c(C)cccc1CC2.Cc1ccc2c(c1)-c1ccccc1CC2.Cc1ccc2c3c1CCc1cccc(c1-3)CC2.Cc1ccc2cc(C)ccc2c1.Cc1ccc2ccc(C)cc2c1.Cc1ccc2ccccc2c1.Cc1cccc2c(C)cccc12.Cc1cccc2c1-c1ccccc1CC2.Cc1cccc2ccccc12.Cc1ccccc1. The summed E-state index contributed by atoms with van der Waals surface area (Å²) in [4.78, 5) is 0. The molecule has 0 aliphatic heterocycles. The molecular formula is C138H154. The monoisotopic (exact) mass is 1810 g/mol. The summed E-state index contributed by atoms with van der Waals surface area (Å²) in [6.45, 7) is 50.2. The Morgan fingerprint density at radius 1 is 0.130 bits per heavy atom. The predicted molar refractivity (Wildman–Crippen MR) is 614 cm³/mol. The molecule has 0 saturated heterocycles. The van der Waals surface area contributed by atoms with Gasteiger partial charge in [0.25, 0.3) is 0 Å². The molecule has 0 spiro atoms. The minimum atomic E-state index is 1.19. The Morgan fingerprint density at radius 2 is 0.406 bits per heavy atom. The normalized spacial score (nSPS) is 11.3. The van der Waals surface area contributed by atoms with Gasteiger partial charge < -0.3 is 0 Å². The van der Waals surface area contributed by atoms with Crippen LogP contribution in [0.5, 0.6) is 0 Å². The summed E-state index contributed by atoms with van der Waals surface area (Å²) in [5.74, 6) is 0. The number of hydrogen-bond acceptors (Lipinski definition) is 0. The van der Waals surface area contributed by atoms with Gasteiger partial charge in [0.15, 0.2) is 0 Å². The van der Waals surface area contributed by atoms with E-state index in [1.165, 1.54) is 263 Å². The Labute approximate surface area is 832 Å². The number of aryl methyl sites for hydroxylation is 23. The molecule has 706 valence electrons. The first-order chi connectivity index (χ1) is 67.2. The summed E-state index contributed by atoms with van der Waals surface area (Å²) in [5, 5.41) is 13.4. The van der Waals surface area contributed by atoms with Crippen molar-refractivity contribution in [2.24, 2.45) is 0 Å². The number of hydrogen-bond donors (Lipinski definition) is 0. The fraction of sp³-hybridized carbons (Fsp3) is 0.246. The van der Waals surface area contributed by atoms with Crippen LogP contribution in [0.3, 0.4) is 0 Å². The highest BCUT2D eigenvalue weighted by Gasteiger charge is 2.27. The maximum absolute atomic E-state index is 2.35. The van der Waals surface area contributed by atoms with Crippen LogP contribution in [-0.4, -0.2) is 0 Å². The molecule has 0 atom stereocenters. The van der Waals surface area contributed by atoms with E-state index in [1.807, 2.05) is 87.4 Å². The average Bonchev–Trinajstić information content (AvgIpc) is 0.743. The van der Waals surface area contributed by atoms with Gasteiger partial charge in [0.05, 0.1) is 0 Å². The Kier molecular flexibility index (Phi) is 42.0. The summed E-state index contributed by atoms with van der Waals surface area (Å²) in [6, 6.07) is 135. The van der Waals surface area contributed by atoms with Crippen LogP contribution in [0.1, 0.15) is 203 Å². The summed E-state index contributed by atoms with van der Waals surface area (Å²) in [7, 11) is 0. The Balaban J connectivity index is 0.000000157. The second-order valence-electron chi connectivity index (χ2n) is 36.0. The summed E-state index contributed by atoms with van der Waals surface area (Å²) < 4.78 is 0. The van der Waals surface area contributed by atoms with Crippen LogP contribution in [0.4, 0.5) is 0 Å². The van der Waals surface area contributed by atoms with Crippen molar-refractivity contribution in [1.29, 1.82) is 0 Å². The van der Waals surface area contributed by atoms with Crippen molar-refractivity contribution < 1.29 is 0 Å². The van der Waals surface area contributed by atoms with Crippen molar-refractivity contribution in [1.82, 2.24) is 0 Å². The van der Waals surface area contributed by atoms with E-state index in [2.05, 4.69) is 455 Å². The molecule has 5 aliphatic rings. The van der Waals surface area contributed by atoms with Gasteiger partial charge in [-0.05, 0) is 349 Å². The highest BCUT2D eigenvalue weighted by molar-refractivity contribution is 5.90. The van der Waals surface area contributed by atoms with Crippen LogP contribution in [0.2, 0.25) is 0 Å². The predicted octanol–water partition coefficient (Wildman–Crippen LogP) is 39.2. The van der Waals surface area contributed by atoms with Gasteiger partial charge in [0, 0.05) is 0 Å². The Morgan fingerprint density at radius 3 is 0.884 bits per heavy atom. The lowest BCUT2D eigenvalue weighted by Crippen LogP contribution is -2.14. The third-order valence-corrected chi connectivity index (χ3v) is 26.0. The van der Waals surface area contributed by atoms with Crippen molar-refractivity contribution in [3.8, 4) is 44.5 Å². The molecule has 0 heterocycles. The lowest BCUT2D eigenvalue weighted by molar-refractivity contribution is 0.870. The van der Waals surface area contributed by atoms with Gasteiger partial charge in [-0.3, -0.25) is 0 Å². The molecule has 0 nitrogen and oxygen atoms in total. The van der Waals surface area contributed by atoms with E-state index in [0.717, 1.165) is 0 Å². The molecule has 0 N–H and O–H groups in total. The second kappa shape index (κ2) is 54.4. The zero-order valence-electron chi connectivity index (χ0n) is 87.9. The molecule has 0 unspecified atom stereocenters. The van der Waals surface area contributed by atoms with Gasteiger partial charge in [-0.2, -0.15) is 0 Å². The highest BCUT2D eigenvalue weighted by atomic mass is 14.3. The quantitative estimate of drug-likeness (QED) is 0.142. The third-order valence-electron chi connectivity index (χ3n) is 26.0. The Bertz CT molecular complexity index is 6960. The molecule has 24 rings (SSSR count). The maximum atomic E-state index is 2.35. The average molecular weight is 1810 g/mol. The molecule has 0 heteroatoms. The molecule has 0 aromatic heterocycles. The van der Waals surface area contributed by atoms with E-state index >= 15 is 0 Å². The maximum Gasteiger partial charge on any atom is -0.0111 e. The van der Waals surface area contributed by atoms with Crippen LogP contribution in [-0.2, 0) is 64.2 Å². The van der Waals surface area contributed by atoms with Crippen molar-refractivity contribution in [2.75, 3.05) is 0 Å². The molecule has 19 aromatic carbocycles. The van der Waals surface area contributed by atoms with Crippen LogP contribution >= 0.6 is 0 Å². The van der Waals surface area contributed by atoms with Gasteiger partial charge in [0.1, 0.15) is 0 Å². The first-order valence-corrected chi connectivity index (χ1v) is 51.3. The molecule has 0 radical (unpaired) electrons. The lowest BCUT2D eigenvalue weighted by Gasteiger charge is -2.30. The first kappa shape index (κ1) is 107. The van der Waals surface area contributed by atoms with Crippen LogP contribution in [0.15, 0.2) is 376 Å². The van der Waals surface area contributed by atoms with Gasteiger partial charge in [-0.15, -0.1) is 0 Å². The highest BCUT2D eigenvalue weighted by Crippen LogP contribution is 2.44. The van der Waals surface area contributed by atoms with Gasteiger partial charge >= 0.3 is 0 Å². The van der Waals surface area contributed by atoms with E-state index in [0.29, 0.717) is 0 Å². The second-order valence-corrected chi connectivity index (χ2v) is 36.0. The zero-order chi connectivity index (χ0) is 99.2. The Hall–Kier alpha value is -13.5. The van der Waals surface area contributed by atoms with Gasteiger partial charge in [0.2, 0.25) is 0 Å². The van der Waals surface area contributed by atoms with Crippen molar-refractivity contribution in [3.63, 3.8) is 0 Å². The molecule has 0 fully saturated rings. The summed E-state index contributed by atoms with van der Waals surface area (Å²) in [5.41, 5.74) is 46.3. The largest absolute Gasteiger partial charge is 0.0683 e. The van der Waals surface area contributed by atoms with Crippen molar-refractivity contribution in [2.45, 2.75) is 230 Å². The van der Waals surface area contributed by atoms with E-state index < -0.39 is 0 Å². The van der Waals surface area contributed by atoms with E-state index in [9.17, 15) is 0 Å². The van der Waals surface area contributed by atoms with Crippen LogP contribution in [0, 0.1) is 96.9 Å².